The van der Waals surface area contributed by atoms with Crippen molar-refractivity contribution in [2.24, 2.45) is 4.99 Å². The Bertz CT molecular complexity index is 594. The van der Waals surface area contributed by atoms with Gasteiger partial charge in [-0.05, 0) is 27.2 Å². The fourth-order valence-electron chi connectivity index (χ4n) is 2.45. The van der Waals surface area contributed by atoms with Crippen molar-refractivity contribution < 1.29 is 17.9 Å². The first kappa shape index (κ1) is 22.5. The van der Waals surface area contributed by atoms with E-state index in [0.29, 0.717) is 45.1 Å². The van der Waals surface area contributed by atoms with Gasteiger partial charge in [0, 0.05) is 39.8 Å². The van der Waals surface area contributed by atoms with E-state index in [1.54, 1.807) is 11.9 Å². The molecule has 26 heavy (non-hydrogen) atoms. The Hall–Kier alpha value is -1.55. The highest BCUT2D eigenvalue weighted by atomic mass is 32.2. The number of nitrogens with zero attached hydrogens (tertiary/aromatic N) is 3. The lowest BCUT2D eigenvalue weighted by molar-refractivity contribution is 0.00701. The van der Waals surface area contributed by atoms with E-state index >= 15 is 0 Å². The monoisotopic (exact) mass is 391 g/mol. The summed E-state index contributed by atoms with van der Waals surface area (Å²) in [6, 6.07) is 0.122. The van der Waals surface area contributed by atoms with Crippen LogP contribution in [-0.4, -0.2) is 87.3 Å². The fourth-order valence-corrected chi connectivity index (χ4v) is 3.38. The van der Waals surface area contributed by atoms with Crippen LogP contribution in [-0.2, 0) is 14.8 Å². The molecule has 1 amide bonds. The SMILES string of the molecule is CCN(CCCNC(=NC)NC1CN(C(=O)OC(C)(C)C)C1)S(C)(=O)=O. The van der Waals surface area contributed by atoms with Gasteiger partial charge in [0.05, 0.1) is 12.3 Å². The summed E-state index contributed by atoms with van der Waals surface area (Å²) in [5.74, 6) is 0.640. The third-order valence-corrected chi connectivity index (χ3v) is 5.17. The number of guanidine groups is 1. The second-order valence-electron chi connectivity index (χ2n) is 7.33. The molecule has 0 atom stereocenters. The van der Waals surface area contributed by atoms with Crippen LogP contribution >= 0.6 is 0 Å². The summed E-state index contributed by atoms with van der Waals surface area (Å²) in [6.07, 6.45) is 1.59. The molecular formula is C16H33N5O4S. The van der Waals surface area contributed by atoms with Gasteiger partial charge in [0.15, 0.2) is 5.96 Å². The molecular weight excluding hydrogens is 358 g/mol. The molecule has 0 spiro atoms. The first-order chi connectivity index (χ1) is 12.0. The van der Waals surface area contributed by atoms with Gasteiger partial charge in [0.2, 0.25) is 10.0 Å². The van der Waals surface area contributed by atoms with E-state index in [1.165, 1.54) is 10.6 Å². The van der Waals surface area contributed by atoms with E-state index in [9.17, 15) is 13.2 Å². The first-order valence-electron chi connectivity index (χ1n) is 8.86. The maximum atomic E-state index is 11.9. The van der Waals surface area contributed by atoms with Gasteiger partial charge in [-0.3, -0.25) is 4.99 Å². The average molecular weight is 392 g/mol. The van der Waals surface area contributed by atoms with Crippen LogP contribution < -0.4 is 10.6 Å². The number of hydrogen-bond donors (Lipinski definition) is 2. The van der Waals surface area contributed by atoms with Crippen LogP contribution in [0.3, 0.4) is 0 Å². The third kappa shape index (κ3) is 7.77. The number of sulfonamides is 1. The van der Waals surface area contributed by atoms with Gasteiger partial charge in [-0.15, -0.1) is 0 Å². The highest BCUT2D eigenvalue weighted by Gasteiger charge is 2.34. The summed E-state index contributed by atoms with van der Waals surface area (Å²) < 4.78 is 29.8. The predicted molar refractivity (Wildman–Crippen MR) is 103 cm³/mol. The third-order valence-electron chi connectivity index (χ3n) is 3.80. The molecule has 9 nitrogen and oxygen atoms in total. The molecule has 1 aliphatic heterocycles. The number of amides is 1. The van der Waals surface area contributed by atoms with Crippen LogP contribution in [0.4, 0.5) is 4.79 Å². The Labute approximate surface area is 157 Å². The van der Waals surface area contributed by atoms with Crippen molar-refractivity contribution in [2.45, 2.75) is 45.8 Å². The Morgan fingerprint density at radius 2 is 1.96 bits per heavy atom. The minimum absolute atomic E-state index is 0.122. The molecule has 0 radical (unpaired) electrons. The zero-order valence-electron chi connectivity index (χ0n) is 16.7. The smallest absolute Gasteiger partial charge is 0.410 e. The number of carbonyl (C=O) groups excluding carboxylic acids is 1. The molecule has 10 heteroatoms. The van der Waals surface area contributed by atoms with Crippen molar-refractivity contribution in [1.82, 2.24) is 19.8 Å². The Morgan fingerprint density at radius 1 is 1.35 bits per heavy atom. The van der Waals surface area contributed by atoms with Crippen molar-refractivity contribution in [2.75, 3.05) is 46.0 Å². The van der Waals surface area contributed by atoms with Crippen LogP contribution in [0, 0.1) is 0 Å². The molecule has 1 heterocycles. The van der Waals surface area contributed by atoms with Crippen molar-refractivity contribution in [3.05, 3.63) is 0 Å². The minimum atomic E-state index is -3.15. The van der Waals surface area contributed by atoms with Gasteiger partial charge in [-0.25, -0.2) is 17.5 Å². The normalized spacial score (nSPS) is 16.4. The fraction of sp³-hybridized carbons (Fsp3) is 0.875. The molecule has 0 aromatic rings. The van der Waals surface area contributed by atoms with E-state index in [4.69, 9.17) is 4.74 Å². The molecule has 1 fully saturated rings. The van der Waals surface area contributed by atoms with E-state index < -0.39 is 15.6 Å². The maximum Gasteiger partial charge on any atom is 0.410 e. The highest BCUT2D eigenvalue weighted by Crippen LogP contribution is 2.15. The lowest BCUT2D eigenvalue weighted by Gasteiger charge is -2.40. The zero-order chi connectivity index (χ0) is 20.0. The highest BCUT2D eigenvalue weighted by molar-refractivity contribution is 7.88. The van der Waals surface area contributed by atoms with Gasteiger partial charge in [-0.1, -0.05) is 6.92 Å². The largest absolute Gasteiger partial charge is 0.444 e. The summed E-state index contributed by atoms with van der Waals surface area (Å²) in [5.41, 5.74) is -0.495. The molecule has 1 rings (SSSR count). The quantitative estimate of drug-likeness (QED) is 0.371. The van der Waals surface area contributed by atoms with Gasteiger partial charge >= 0.3 is 6.09 Å². The van der Waals surface area contributed by atoms with Gasteiger partial charge in [0.25, 0.3) is 0 Å². The van der Waals surface area contributed by atoms with Crippen molar-refractivity contribution in [3.8, 4) is 0 Å². The maximum absolute atomic E-state index is 11.9. The second kappa shape index (κ2) is 9.40. The number of nitrogens with one attached hydrogen (secondary N) is 2. The molecule has 0 bridgehead atoms. The number of hydrogen-bond acceptors (Lipinski definition) is 5. The summed E-state index contributed by atoms with van der Waals surface area (Å²) in [4.78, 5) is 17.7. The van der Waals surface area contributed by atoms with E-state index in [0.717, 1.165) is 0 Å². The Morgan fingerprint density at radius 3 is 2.42 bits per heavy atom. The minimum Gasteiger partial charge on any atom is -0.444 e. The molecule has 1 saturated heterocycles. The summed E-state index contributed by atoms with van der Waals surface area (Å²) in [7, 11) is -1.48. The summed E-state index contributed by atoms with van der Waals surface area (Å²) in [6.45, 7) is 10.0. The number of likely N-dealkylation sites (tertiary alicyclic amines) is 1. The number of aliphatic imine (C=N–C) groups is 1. The average Bonchev–Trinajstić information content (AvgIpc) is 2.44. The molecule has 0 aromatic carbocycles. The number of carbonyl (C=O) groups is 1. The van der Waals surface area contributed by atoms with Crippen LogP contribution in [0.15, 0.2) is 4.99 Å². The van der Waals surface area contributed by atoms with Gasteiger partial charge in [-0.2, -0.15) is 0 Å². The van der Waals surface area contributed by atoms with Crippen molar-refractivity contribution in [1.29, 1.82) is 0 Å². The lowest BCUT2D eigenvalue weighted by atomic mass is 10.1. The first-order valence-corrected chi connectivity index (χ1v) is 10.7. The zero-order valence-corrected chi connectivity index (χ0v) is 17.5. The van der Waals surface area contributed by atoms with Crippen LogP contribution in [0.1, 0.15) is 34.1 Å². The predicted octanol–water partition coefficient (Wildman–Crippen LogP) is 0.442. The van der Waals surface area contributed by atoms with Crippen LogP contribution in [0.25, 0.3) is 0 Å². The van der Waals surface area contributed by atoms with Crippen molar-refractivity contribution >= 4 is 22.1 Å². The Kier molecular flexibility index (Phi) is 8.14. The standard InChI is InChI=1S/C16H33N5O4S/c1-7-21(26(6,23)24)10-8-9-18-14(17-5)19-13-11-20(12-13)15(22)25-16(2,3)4/h13H,7-12H2,1-6H3,(H2,17,18,19). The van der Waals surface area contributed by atoms with E-state index in [-0.39, 0.29) is 12.1 Å². The Balaban J connectivity index is 2.28. The van der Waals surface area contributed by atoms with E-state index in [1.807, 2.05) is 27.7 Å². The van der Waals surface area contributed by atoms with Gasteiger partial charge in [0.1, 0.15) is 5.60 Å². The van der Waals surface area contributed by atoms with Crippen molar-refractivity contribution in [3.63, 3.8) is 0 Å². The molecule has 0 unspecified atom stereocenters. The molecule has 1 aliphatic rings. The molecule has 0 aromatic heterocycles. The van der Waals surface area contributed by atoms with Crippen LogP contribution in [0.5, 0.6) is 0 Å². The lowest BCUT2D eigenvalue weighted by Crippen LogP contribution is -2.63. The molecule has 152 valence electrons. The topological polar surface area (TPSA) is 103 Å². The van der Waals surface area contributed by atoms with Gasteiger partial charge < -0.3 is 20.3 Å². The van der Waals surface area contributed by atoms with E-state index in [2.05, 4.69) is 15.6 Å². The molecule has 0 saturated carbocycles. The number of rotatable bonds is 7. The molecule has 0 aliphatic carbocycles. The number of ether oxygens (including phenoxy) is 1. The summed E-state index contributed by atoms with van der Waals surface area (Å²) >= 11 is 0. The molecule has 2 N–H and O–H groups in total. The second-order valence-corrected chi connectivity index (χ2v) is 9.32. The van der Waals surface area contributed by atoms with Crippen LogP contribution in [0.2, 0.25) is 0 Å². The summed E-state index contributed by atoms with van der Waals surface area (Å²) in [5, 5.41) is 6.41.